The van der Waals surface area contributed by atoms with Gasteiger partial charge in [0.2, 0.25) is 5.91 Å². The molecular formula is C23H25FN2O2. The number of rotatable bonds is 3. The van der Waals surface area contributed by atoms with Crippen LogP contribution in [0.15, 0.2) is 48.5 Å². The second-order valence-corrected chi connectivity index (χ2v) is 7.73. The molecule has 0 radical (unpaired) electrons. The molecule has 0 bridgehead atoms. The van der Waals surface area contributed by atoms with Crippen LogP contribution in [0.1, 0.15) is 53.2 Å². The van der Waals surface area contributed by atoms with E-state index in [1.54, 1.807) is 4.90 Å². The van der Waals surface area contributed by atoms with Crippen molar-refractivity contribution in [1.29, 1.82) is 0 Å². The molecule has 0 aromatic heterocycles. The summed E-state index contributed by atoms with van der Waals surface area (Å²) in [6.07, 6.45) is 4.46. The van der Waals surface area contributed by atoms with E-state index < -0.39 is 0 Å². The van der Waals surface area contributed by atoms with Crippen molar-refractivity contribution in [3.05, 3.63) is 71.0 Å². The predicted octanol–water partition coefficient (Wildman–Crippen LogP) is 3.87. The SMILES string of the molecule is O=C(N[C@H]1CCCc2ccccc21)C1CCN(C(=O)c2ccc(F)cc2)CC1. The zero-order valence-corrected chi connectivity index (χ0v) is 15.9. The van der Waals surface area contributed by atoms with Crippen molar-refractivity contribution < 1.29 is 14.0 Å². The zero-order valence-electron chi connectivity index (χ0n) is 15.9. The number of halogens is 1. The van der Waals surface area contributed by atoms with Crippen molar-refractivity contribution in [2.45, 2.75) is 38.1 Å². The minimum atomic E-state index is -0.351. The maximum Gasteiger partial charge on any atom is 0.253 e. The molecule has 4 nitrogen and oxygen atoms in total. The topological polar surface area (TPSA) is 49.4 Å². The Morgan fingerprint density at radius 2 is 1.68 bits per heavy atom. The molecule has 146 valence electrons. The van der Waals surface area contributed by atoms with Gasteiger partial charge in [0.05, 0.1) is 6.04 Å². The van der Waals surface area contributed by atoms with E-state index >= 15 is 0 Å². The molecule has 1 aliphatic carbocycles. The minimum Gasteiger partial charge on any atom is -0.349 e. The Hall–Kier alpha value is -2.69. The summed E-state index contributed by atoms with van der Waals surface area (Å²) in [6.45, 7) is 1.10. The lowest BCUT2D eigenvalue weighted by Gasteiger charge is -2.33. The fraction of sp³-hybridized carbons (Fsp3) is 0.391. The molecule has 5 heteroatoms. The van der Waals surface area contributed by atoms with E-state index in [0.29, 0.717) is 31.5 Å². The Morgan fingerprint density at radius 1 is 0.964 bits per heavy atom. The van der Waals surface area contributed by atoms with Gasteiger partial charge >= 0.3 is 0 Å². The summed E-state index contributed by atoms with van der Waals surface area (Å²) in [7, 11) is 0. The van der Waals surface area contributed by atoms with Gasteiger partial charge in [0.25, 0.3) is 5.91 Å². The van der Waals surface area contributed by atoms with Crippen LogP contribution in [-0.4, -0.2) is 29.8 Å². The quantitative estimate of drug-likeness (QED) is 0.879. The van der Waals surface area contributed by atoms with Gasteiger partial charge in [-0.3, -0.25) is 9.59 Å². The summed E-state index contributed by atoms with van der Waals surface area (Å²) in [5, 5.41) is 3.24. The molecule has 2 aliphatic rings. The summed E-state index contributed by atoms with van der Waals surface area (Å²) in [4.78, 5) is 27.1. The average Bonchev–Trinajstić information content (AvgIpc) is 2.74. The van der Waals surface area contributed by atoms with E-state index in [1.807, 2.05) is 6.07 Å². The molecule has 2 aromatic carbocycles. The standard InChI is InChI=1S/C23H25FN2O2/c24-19-10-8-18(9-11-19)23(28)26-14-12-17(13-15-26)22(27)25-21-7-3-5-16-4-1-2-6-20(16)21/h1-2,4,6,8-11,17,21H,3,5,7,12-15H2,(H,25,27)/t21-/m0/s1. The highest BCUT2D eigenvalue weighted by Crippen LogP contribution is 2.30. The Morgan fingerprint density at radius 3 is 2.43 bits per heavy atom. The van der Waals surface area contributed by atoms with Crippen molar-refractivity contribution >= 4 is 11.8 Å². The Labute approximate surface area is 164 Å². The molecule has 1 saturated heterocycles. The van der Waals surface area contributed by atoms with E-state index in [0.717, 1.165) is 19.3 Å². The van der Waals surface area contributed by atoms with Crippen LogP contribution in [-0.2, 0) is 11.2 Å². The predicted molar refractivity (Wildman–Crippen MR) is 105 cm³/mol. The normalized spacial score (nSPS) is 19.8. The van der Waals surface area contributed by atoms with E-state index in [9.17, 15) is 14.0 Å². The molecule has 1 fully saturated rings. The maximum atomic E-state index is 13.0. The summed E-state index contributed by atoms with van der Waals surface area (Å²) < 4.78 is 13.0. The molecule has 1 N–H and O–H groups in total. The highest BCUT2D eigenvalue weighted by molar-refractivity contribution is 5.94. The highest BCUT2D eigenvalue weighted by atomic mass is 19.1. The fourth-order valence-electron chi connectivity index (χ4n) is 4.31. The molecule has 28 heavy (non-hydrogen) atoms. The van der Waals surface area contributed by atoms with Crippen LogP contribution in [0.2, 0.25) is 0 Å². The Balaban J connectivity index is 1.33. The zero-order chi connectivity index (χ0) is 19.5. The van der Waals surface area contributed by atoms with Crippen molar-refractivity contribution in [1.82, 2.24) is 10.2 Å². The third-order valence-electron chi connectivity index (χ3n) is 5.93. The van der Waals surface area contributed by atoms with E-state index in [-0.39, 0.29) is 29.6 Å². The van der Waals surface area contributed by atoms with Crippen LogP contribution >= 0.6 is 0 Å². The number of hydrogen-bond acceptors (Lipinski definition) is 2. The van der Waals surface area contributed by atoms with Gasteiger partial charge in [0, 0.05) is 24.6 Å². The highest BCUT2D eigenvalue weighted by Gasteiger charge is 2.30. The summed E-state index contributed by atoms with van der Waals surface area (Å²) in [5.41, 5.74) is 3.06. The number of likely N-dealkylation sites (tertiary alicyclic amines) is 1. The molecule has 4 rings (SSSR count). The van der Waals surface area contributed by atoms with Crippen LogP contribution < -0.4 is 5.32 Å². The fourth-order valence-corrected chi connectivity index (χ4v) is 4.31. The van der Waals surface area contributed by atoms with Crippen LogP contribution in [0.25, 0.3) is 0 Å². The number of piperidine rings is 1. The van der Waals surface area contributed by atoms with Crippen molar-refractivity contribution in [3.8, 4) is 0 Å². The lowest BCUT2D eigenvalue weighted by molar-refractivity contribution is -0.127. The van der Waals surface area contributed by atoms with Gasteiger partial charge in [0.1, 0.15) is 5.82 Å². The molecule has 2 aromatic rings. The number of hydrogen-bond donors (Lipinski definition) is 1. The Kier molecular flexibility index (Phi) is 5.42. The summed E-state index contributed by atoms with van der Waals surface area (Å²) in [5.74, 6) is -0.418. The molecule has 2 amide bonds. The molecule has 0 spiro atoms. The van der Waals surface area contributed by atoms with Crippen LogP contribution in [0.4, 0.5) is 4.39 Å². The van der Waals surface area contributed by atoms with Crippen LogP contribution in [0.3, 0.4) is 0 Å². The number of amides is 2. The molecule has 1 atom stereocenters. The molecule has 0 saturated carbocycles. The van der Waals surface area contributed by atoms with Crippen molar-refractivity contribution in [3.63, 3.8) is 0 Å². The first kappa shape index (κ1) is 18.7. The Bertz CT molecular complexity index is 857. The van der Waals surface area contributed by atoms with E-state index in [1.165, 1.54) is 35.4 Å². The number of fused-ring (bicyclic) bond motifs is 1. The lowest BCUT2D eigenvalue weighted by Crippen LogP contribution is -2.44. The van der Waals surface area contributed by atoms with Gasteiger partial charge in [-0.1, -0.05) is 24.3 Å². The van der Waals surface area contributed by atoms with E-state index in [2.05, 4.69) is 23.5 Å². The number of nitrogens with one attached hydrogen (secondary N) is 1. The maximum absolute atomic E-state index is 13.0. The monoisotopic (exact) mass is 380 g/mol. The van der Waals surface area contributed by atoms with Crippen LogP contribution in [0.5, 0.6) is 0 Å². The molecule has 0 unspecified atom stereocenters. The number of benzene rings is 2. The number of carbonyl (C=O) groups excluding carboxylic acids is 2. The van der Waals surface area contributed by atoms with Gasteiger partial charge < -0.3 is 10.2 Å². The first-order valence-corrected chi connectivity index (χ1v) is 10.0. The van der Waals surface area contributed by atoms with Crippen LogP contribution in [0, 0.1) is 11.7 Å². The minimum absolute atomic E-state index is 0.0636. The summed E-state index contributed by atoms with van der Waals surface area (Å²) in [6, 6.07) is 14.1. The van der Waals surface area contributed by atoms with Gasteiger partial charge in [-0.25, -0.2) is 4.39 Å². The van der Waals surface area contributed by atoms with Gasteiger partial charge in [-0.05, 0) is 67.5 Å². The second kappa shape index (κ2) is 8.13. The van der Waals surface area contributed by atoms with Gasteiger partial charge in [-0.2, -0.15) is 0 Å². The lowest BCUT2D eigenvalue weighted by atomic mass is 9.87. The molecular weight excluding hydrogens is 355 g/mol. The first-order chi connectivity index (χ1) is 13.6. The van der Waals surface area contributed by atoms with E-state index in [4.69, 9.17) is 0 Å². The number of carbonyl (C=O) groups is 2. The van der Waals surface area contributed by atoms with Crippen molar-refractivity contribution in [2.24, 2.45) is 5.92 Å². The number of nitrogens with zero attached hydrogens (tertiary/aromatic N) is 1. The largest absolute Gasteiger partial charge is 0.349 e. The van der Waals surface area contributed by atoms with Gasteiger partial charge in [0.15, 0.2) is 0 Å². The second-order valence-electron chi connectivity index (χ2n) is 7.73. The van der Waals surface area contributed by atoms with Gasteiger partial charge in [-0.15, -0.1) is 0 Å². The third kappa shape index (κ3) is 3.93. The molecule has 1 aliphatic heterocycles. The summed E-state index contributed by atoms with van der Waals surface area (Å²) >= 11 is 0. The first-order valence-electron chi connectivity index (χ1n) is 10.0. The third-order valence-corrected chi connectivity index (χ3v) is 5.93. The number of aryl methyl sites for hydroxylation is 1. The molecule has 1 heterocycles. The average molecular weight is 380 g/mol. The smallest absolute Gasteiger partial charge is 0.253 e. The van der Waals surface area contributed by atoms with Crippen molar-refractivity contribution in [2.75, 3.05) is 13.1 Å².